The molecule has 2 fully saturated rings. The van der Waals surface area contributed by atoms with Crippen LogP contribution in [-0.4, -0.2) is 74.2 Å². The Morgan fingerprint density at radius 1 is 0.962 bits per heavy atom. The number of hydrogen-bond acceptors (Lipinski definition) is 3. The Balaban J connectivity index is 0.00000338. The lowest BCUT2D eigenvalue weighted by Gasteiger charge is -2.35. The highest BCUT2D eigenvalue weighted by atomic mass is 127. The van der Waals surface area contributed by atoms with Crippen LogP contribution in [-0.2, 0) is 0 Å². The van der Waals surface area contributed by atoms with E-state index in [0.29, 0.717) is 0 Å². The number of nitrogens with one attached hydrogen (secondary N) is 2. The largest absolute Gasteiger partial charge is 0.357 e. The lowest BCUT2D eigenvalue weighted by atomic mass is 10.0. The van der Waals surface area contributed by atoms with Crippen molar-refractivity contribution in [1.29, 1.82) is 0 Å². The number of guanidine groups is 1. The average molecular weight is 479 g/mol. The van der Waals surface area contributed by atoms with Crippen molar-refractivity contribution in [3.63, 3.8) is 0 Å². The molecule has 26 heavy (non-hydrogen) atoms. The number of likely N-dealkylation sites (tertiary alicyclic amines) is 2. The monoisotopic (exact) mass is 479 g/mol. The van der Waals surface area contributed by atoms with Gasteiger partial charge in [-0.05, 0) is 78.0 Å². The Morgan fingerprint density at radius 2 is 1.73 bits per heavy atom. The quantitative estimate of drug-likeness (QED) is 0.219. The van der Waals surface area contributed by atoms with Crippen molar-refractivity contribution in [3.8, 4) is 0 Å². The number of piperidine rings is 1. The third-order valence-corrected chi connectivity index (χ3v) is 5.61. The standard InChI is InChI=1S/C20H41N5.HI/c1-3-19-11-5-7-17-25(19)18-13-23-20(21-4-2)22-12-6-8-14-24-15-9-10-16-24;/h19H,3-18H2,1-2H3,(H2,21,22,23);1H. The molecule has 5 nitrogen and oxygen atoms in total. The van der Waals surface area contributed by atoms with Crippen LogP contribution in [0.3, 0.4) is 0 Å². The fourth-order valence-corrected chi connectivity index (χ4v) is 4.12. The Bertz CT molecular complexity index is 371. The highest BCUT2D eigenvalue weighted by Gasteiger charge is 2.19. The van der Waals surface area contributed by atoms with Crippen LogP contribution >= 0.6 is 24.0 Å². The normalized spacial score (nSPS) is 22.2. The molecule has 0 radical (unpaired) electrons. The summed E-state index contributed by atoms with van der Waals surface area (Å²) in [6.45, 7) is 13.6. The average Bonchev–Trinajstić information content (AvgIpc) is 3.15. The molecule has 0 spiro atoms. The van der Waals surface area contributed by atoms with E-state index < -0.39 is 0 Å². The van der Waals surface area contributed by atoms with Crippen LogP contribution in [0.5, 0.6) is 0 Å². The van der Waals surface area contributed by atoms with Crippen molar-refractivity contribution < 1.29 is 0 Å². The zero-order chi connectivity index (χ0) is 17.7. The zero-order valence-electron chi connectivity index (χ0n) is 17.1. The van der Waals surface area contributed by atoms with E-state index >= 15 is 0 Å². The molecule has 0 aromatic heterocycles. The van der Waals surface area contributed by atoms with Gasteiger partial charge in [0.1, 0.15) is 0 Å². The van der Waals surface area contributed by atoms with E-state index in [1.165, 1.54) is 77.5 Å². The number of nitrogens with zero attached hydrogens (tertiary/aromatic N) is 3. The maximum Gasteiger partial charge on any atom is 0.191 e. The number of halogens is 1. The first-order valence-corrected chi connectivity index (χ1v) is 10.8. The van der Waals surface area contributed by atoms with E-state index in [1.807, 2.05) is 0 Å². The van der Waals surface area contributed by atoms with Crippen LogP contribution in [0.15, 0.2) is 4.99 Å². The summed E-state index contributed by atoms with van der Waals surface area (Å²) in [5.41, 5.74) is 0. The topological polar surface area (TPSA) is 42.9 Å². The van der Waals surface area contributed by atoms with Crippen molar-refractivity contribution in [2.45, 2.75) is 71.3 Å². The van der Waals surface area contributed by atoms with Gasteiger partial charge in [0, 0.05) is 32.2 Å². The van der Waals surface area contributed by atoms with E-state index in [0.717, 1.165) is 38.2 Å². The summed E-state index contributed by atoms with van der Waals surface area (Å²) in [7, 11) is 0. The number of rotatable bonds is 10. The highest BCUT2D eigenvalue weighted by Crippen LogP contribution is 2.18. The lowest BCUT2D eigenvalue weighted by molar-refractivity contribution is 0.147. The van der Waals surface area contributed by atoms with Crippen molar-refractivity contribution in [1.82, 2.24) is 20.4 Å². The molecule has 2 N–H and O–H groups in total. The zero-order valence-corrected chi connectivity index (χ0v) is 19.5. The smallest absolute Gasteiger partial charge is 0.191 e. The van der Waals surface area contributed by atoms with Gasteiger partial charge < -0.3 is 15.5 Å². The van der Waals surface area contributed by atoms with Gasteiger partial charge in [-0.1, -0.05) is 13.3 Å². The molecule has 2 aliphatic heterocycles. The molecule has 0 aliphatic carbocycles. The second-order valence-electron chi connectivity index (χ2n) is 7.54. The van der Waals surface area contributed by atoms with Crippen LogP contribution in [0.4, 0.5) is 0 Å². The summed E-state index contributed by atoms with van der Waals surface area (Å²) in [6, 6.07) is 0.792. The first-order chi connectivity index (χ1) is 12.3. The first-order valence-electron chi connectivity index (χ1n) is 10.8. The van der Waals surface area contributed by atoms with E-state index in [4.69, 9.17) is 4.99 Å². The van der Waals surface area contributed by atoms with Crippen LogP contribution in [0.1, 0.15) is 65.2 Å². The van der Waals surface area contributed by atoms with Crippen molar-refractivity contribution in [2.24, 2.45) is 4.99 Å². The van der Waals surface area contributed by atoms with E-state index in [2.05, 4.69) is 34.3 Å². The SMILES string of the molecule is CCNC(=NCCCCN1CCCC1)NCCN1CCCCC1CC.I. The Kier molecular flexibility index (Phi) is 13.7. The molecular formula is C20H42IN5. The van der Waals surface area contributed by atoms with Crippen LogP contribution < -0.4 is 10.6 Å². The van der Waals surface area contributed by atoms with Gasteiger partial charge in [-0.15, -0.1) is 24.0 Å². The van der Waals surface area contributed by atoms with Crippen molar-refractivity contribution in [2.75, 3.05) is 52.4 Å². The predicted molar refractivity (Wildman–Crippen MR) is 124 cm³/mol. The van der Waals surface area contributed by atoms with E-state index in [-0.39, 0.29) is 24.0 Å². The van der Waals surface area contributed by atoms with Gasteiger partial charge in [0.2, 0.25) is 0 Å². The molecule has 0 bridgehead atoms. The number of unbranched alkanes of at least 4 members (excludes halogenated alkanes) is 1. The molecule has 2 heterocycles. The second-order valence-corrected chi connectivity index (χ2v) is 7.54. The summed E-state index contributed by atoms with van der Waals surface area (Å²) in [5.74, 6) is 0.994. The third kappa shape index (κ3) is 9.22. The van der Waals surface area contributed by atoms with Crippen molar-refractivity contribution in [3.05, 3.63) is 0 Å². The number of aliphatic imine (C=N–C) groups is 1. The van der Waals surface area contributed by atoms with Gasteiger partial charge in [0.15, 0.2) is 5.96 Å². The summed E-state index contributed by atoms with van der Waals surface area (Å²) in [5, 5.41) is 6.92. The fourth-order valence-electron chi connectivity index (χ4n) is 4.12. The Labute approximate surface area is 178 Å². The highest BCUT2D eigenvalue weighted by molar-refractivity contribution is 14.0. The minimum absolute atomic E-state index is 0. The van der Waals surface area contributed by atoms with E-state index in [1.54, 1.807) is 0 Å². The van der Waals surface area contributed by atoms with Gasteiger partial charge >= 0.3 is 0 Å². The maximum atomic E-state index is 4.76. The van der Waals surface area contributed by atoms with Crippen LogP contribution in [0.2, 0.25) is 0 Å². The summed E-state index contributed by atoms with van der Waals surface area (Å²) >= 11 is 0. The van der Waals surface area contributed by atoms with E-state index in [9.17, 15) is 0 Å². The molecule has 154 valence electrons. The molecule has 2 aliphatic rings. The van der Waals surface area contributed by atoms with Gasteiger partial charge in [-0.2, -0.15) is 0 Å². The molecule has 0 amide bonds. The Hall–Kier alpha value is -0.0800. The second kappa shape index (κ2) is 14.9. The molecule has 0 aromatic carbocycles. The molecule has 6 heteroatoms. The lowest BCUT2D eigenvalue weighted by Crippen LogP contribution is -2.46. The fraction of sp³-hybridized carbons (Fsp3) is 0.950. The Morgan fingerprint density at radius 3 is 2.46 bits per heavy atom. The minimum Gasteiger partial charge on any atom is -0.357 e. The maximum absolute atomic E-state index is 4.76. The van der Waals surface area contributed by atoms with Crippen LogP contribution in [0.25, 0.3) is 0 Å². The number of hydrogen-bond donors (Lipinski definition) is 2. The van der Waals surface area contributed by atoms with Gasteiger partial charge in [-0.25, -0.2) is 0 Å². The van der Waals surface area contributed by atoms with Gasteiger partial charge in [-0.3, -0.25) is 9.89 Å². The van der Waals surface area contributed by atoms with Crippen LogP contribution in [0, 0.1) is 0 Å². The summed E-state index contributed by atoms with van der Waals surface area (Å²) < 4.78 is 0. The first kappa shape index (κ1) is 24.0. The molecule has 2 rings (SSSR count). The minimum atomic E-state index is 0. The van der Waals surface area contributed by atoms with Gasteiger partial charge in [0.25, 0.3) is 0 Å². The summed E-state index contributed by atoms with van der Waals surface area (Å²) in [6.07, 6.45) is 10.7. The molecule has 0 aromatic rings. The molecule has 1 atom stereocenters. The predicted octanol–water partition coefficient (Wildman–Crippen LogP) is 3.30. The molecule has 0 saturated carbocycles. The molecular weight excluding hydrogens is 437 g/mol. The molecule has 2 saturated heterocycles. The van der Waals surface area contributed by atoms with Gasteiger partial charge in [0.05, 0.1) is 0 Å². The summed E-state index contributed by atoms with van der Waals surface area (Å²) in [4.78, 5) is 10.0. The van der Waals surface area contributed by atoms with Crippen molar-refractivity contribution >= 4 is 29.9 Å². The third-order valence-electron chi connectivity index (χ3n) is 5.61. The molecule has 1 unspecified atom stereocenters.